The Morgan fingerprint density at radius 2 is 1.65 bits per heavy atom. The number of rotatable bonds is 3. The molecule has 3 aromatic rings. The van der Waals surface area contributed by atoms with E-state index in [4.69, 9.17) is 5.11 Å². The van der Waals surface area contributed by atoms with Crippen LogP contribution in [0.3, 0.4) is 0 Å². The maximum Gasteiger partial charge on any atom is 0.132 e. The molecule has 0 radical (unpaired) electrons. The van der Waals surface area contributed by atoms with E-state index in [-0.39, 0.29) is 12.4 Å². The van der Waals surface area contributed by atoms with Crippen molar-refractivity contribution in [1.82, 2.24) is 15.4 Å². The number of hydrogen-bond acceptors (Lipinski definition) is 3. The van der Waals surface area contributed by atoms with Gasteiger partial charge in [0.05, 0.1) is 6.61 Å². The molecule has 0 aliphatic carbocycles. The third-order valence-electron chi connectivity index (χ3n) is 3.09. The van der Waals surface area contributed by atoms with Gasteiger partial charge in [0.2, 0.25) is 0 Å². The quantitative estimate of drug-likeness (QED) is 0.768. The van der Waals surface area contributed by atoms with Gasteiger partial charge in [0, 0.05) is 11.1 Å². The van der Waals surface area contributed by atoms with Gasteiger partial charge in [-0.1, -0.05) is 36.4 Å². The lowest BCUT2D eigenvalue weighted by atomic mass is 10.0. The van der Waals surface area contributed by atoms with Crippen molar-refractivity contribution in [3.63, 3.8) is 0 Å². The number of aromatic nitrogens is 3. The number of aliphatic hydroxyl groups excluding tert-OH is 1. The lowest BCUT2D eigenvalue weighted by molar-refractivity contribution is 0.282. The Balaban J connectivity index is 2.08. The third kappa shape index (κ3) is 2.19. The molecule has 0 fully saturated rings. The van der Waals surface area contributed by atoms with Crippen LogP contribution in [0.5, 0.6) is 0 Å². The Bertz CT molecular complexity index is 722. The lowest BCUT2D eigenvalue weighted by Gasteiger charge is -2.03. The zero-order valence-corrected chi connectivity index (χ0v) is 10.5. The van der Waals surface area contributed by atoms with Crippen LogP contribution in [0.25, 0.3) is 22.5 Å². The molecule has 0 saturated heterocycles. The van der Waals surface area contributed by atoms with E-state index < -0.39 is 0 Å². The Kier molecular flexibility index (Phi) is 3.26. The summed E-state index contributed by atoms with van der Waals surface area (Å²) < 4.78 is 13.9. The number of nitrogens with one attached hydrogen (secondary N) is 1. The van der Waals surface area contributed by atoms with Crippen LogP contribution in [0.15, 0.2) is 48.5 Å². The van der Waals surface area contributed by atoms with Crippen molar-refractivity contribution < 1.29 is 9.50 Å². The number of hydrogen-bond donors (Lipinski definition) is 2. The van der Waals surface area contributed by atoms with E-state index in [1.165, 1.54) is 6.07 Å². The highest BCUT2D eigenvalue weighted by Gasteiger charge is 2.15. The first kappa shape index (κ1) is 12.5. The van der Waals surface area contributed by atoms with Crippen LogP contribution < -0.4 is 0 Å². The fourth-order valence-electron chi connectivity index (χ4n) is 2.04. The van der Waals surface area contributed by atoms with Crippen LogP contribution in [-0.2, 0) is 6.61 Å². The minimum absolute atomic E-state index is 0.0146. The average Bonchev–Trinajstić information content (AvgIpc) is 2.97. The first-order valence-electron chi connectivity index (χ1n) is 6.15. The van der Waals surface area contributed by atoms with Crippen molar-refractivity contribution in [3.05, 3.63) is 59.9 Å². The van der Waals surface area contributed by atoms with Crippen LogP contribution >= 0.6 is 0 Å². The van der Waals surface area contributed by atoms with Crippen LogP contribution in [0.1, 0.15) is 5.56 Å². The summed E-state index contributed by atoms with van der Waals surface area (Å²) in [6.07, 6.45) is 0. The van der Waals surface area contributed by atoms with Crippen LogP contribution in [0.2, 0.25) is 0 Å². The molecule has 20 heavy (non-hydrogen) atoms. The second kappa shape index (κ2) is 5.22. The highest BCUT2D eigenvalue weighted by Crippen LogP contribution is 2.29. The van der Waals surface area contributed by atoms with E-state index in [9.17, 15) is 4.39 Å². The summed E-state index contributed by atoms with van der Waals surface area (Å²) in [5.41, 5.74) is 3.08. The highest BCUT2D eigenvalue weighted by molar-refractivity contribution is 5.77. The van der Waals surface area contributed by atoms with E-state index in [1.54, 1.807) is 30.3 Å². The number of nitrogens with zero attached hydrogens (tertiary/aromatic N) is 2. The summed E-state index contributed by atoms with van der Waals surface area (Å²) in [5, 5.41) is 19.7. The molecule has 5 heteroatoms. The van der Waals surface area contributed by atoms with Crippen molar-refractivity contribution >= 4 is 0 Å². The van der Waals surface area contributed by atoms with E-state index in [1.807, 2.05) is 12.1 Å². The smallest absolute Gasteiger partial charge is 0.132 e. The van der Waals surface area contributed by atoms with Crippen molar-refractivity contribution in [2.24, 2.45) is 0 Å². The van der Waals surface area contributed by atoms with Gasteiger partial charge in [-0.2, -0.15) is 15.4 Å². The zero-order valence-electron chi connectivity index (χ0n) is 10.5. The van der Waals surface area contributed by atoms with Crippen molar-refractivity contribution in [3.8, 4) is 22.5 Å². The molecule has 0 bridgehead atoms. The molecule has 0 aliphatic rings. The van der Waals surface area contributed by atoms with E-state index in [0.29, 0.717) is 17.0 Å². The highest BCUT2D eigenvalue weighted by atomic mass is 19.1. The summed E-state index contributed by atoms with van der Waals surface area (Å²) in [6.45, 7) is -0.0146. The molecule has 3 rings (SSSR count). The first-order chi connectivity index (χ1) is 9.79. The molecule has 0 spiro atoms. The second-order valence-corrected chi connectivity index (χ2v) is 4.36. The predicted molar refractivity (Wildman–Crippen MR) is 73.1 cm³/mol. The molecular weight excluding hydrogens is 257 g/mol. The van der Waals surface area contributed by atoms with Gasteiger partial charge in [0.1, 0.15) is 17.2 Å². The van der Waals surface area contributed by atoms with Crippen molar-refractivity contribution in [2.45, 2.75) is 6.61 Å². The molecule has 1 aromatic heterocycles. The first-order valence-corrected chi connectivity index (χ1v) is 6.15. The molecule has 0 aliphatic heterocycles. The van der Waals surface area contributed by atoms with Gasteiger partial charge in [-0.3, -0.25) is 0 Å². The summed E-state index contributed by atoms with van der Waals surface area (Å²) in [4.78, 5) is 0. The molecular formula is C15H12FN3O. The van der Waals surface area contributed by atoms with Crippen LogP contribution in [0.4, 0.5) is 4.39 Å². The van der Waals surface area contributed by atoms with Gasteiger partial charge in [-0.25, -0.2) is 4.39 Å². The number of aliphatic hydroxyl groups is 1. The molecule has 0 atom stereocenters. The Hall–Kier alpha value is -2.53. The summed E-state index contributed by atoms with van der Waals surface area (Å²) >= 11 is 0. The van der Waals surface area contributed by atoms with E-state index in [0.717, 1.165) is 11.1 Å². The second-order valence-electron chi connectivity index (χ2n) is 4.36. The van der Waals surface area contributed by atoms with Crippen molar-refractivity contribution in [1.29, 1.82) is 0 Å². The third-order valence-corrected chi connectivity index (χ3v) is 3.09. The van der Waals surface area contributed by atoms with Gasteiger partial charge in [-0.05, 0) is 17.7 Å². The number of aromatic amines is 1. The molecule has 0 amide bonds. The van der Waals surface area contributed by atoms with Gasteiger partial charge >= 0.3 is 0 Å². The maximum absolute atomic E-state index is 13.9. The minimum atomic E-state index is -0.338. The maximum atomic E-state index is 13.9. The van der Waals surface area contributed by atoms with Gasteiger partial charge < -0.3 is 5.11 Å². The van der Waals surface area contributed by atoms with Gasteiger partial charge in [-0.15, -0.1) is 0 Å². The zero-order chi connectivity index (χ0) is 13.9. The topological polar surface area (TPSA) is 61.8 Å². The molecule has 0 unspecified atom stereocenters. The molecule has 4 nitrogen and oxygen atoms in total. The van der Waals surface area contributed by atoms with Crippen LogP contribution in [0, 0.1) is 5.82 Å². The summed E-state index contributed by atoms with van der Waals surface area (Å²) in [7, 11) is 0. The largest absolute Gasteiger partial charge is 0.392 e. The fraction of sp³-hybridized carbons (Fsp3) is 0.0667. The molecule has 1 heterocycles. The SMILES string of the molecule is OCc1ccc(-c2n[nH]nc2-c2ccccc2F)cc1. The summed E-state index contributed by atoms with van der Waals surface area (Å²) in [6, 6.07) is 13.7. The minimum Gasteiger partial charge on any atom is -0.392 e. The van der Waals surface area contributed by atoms with E-state index >= 15 is 0 Å². The normalized spacial score (nSPS) is 10.7. The monoisotopic (exact) mass is 269 g/mol. The standard InChI is InChI=1S/C15H12FN3O/c16-13-4-2-1-3-12(13)15-14(17-19-18-15)11-7-5-10(9-20)6-8-11/h1-8,20H,9H2,(H,17,18,19). The number of H-pyrrole nitrogens is 1. The predicted octanol–water partition coefficient (Wildman–Crippen LogP) is 2.77. The van der Waals surface area contributed by atoms with E-state index in [2.05, 4.69) is 15.4 Å². The van der Waals surface area contributed by atoms with Crippen molar-refractivity contribution in [2.75, 3.05) is 0 Å². The Morgan fingerprint density at radius 1 is 0.950 bits per heavy atom. The molecule has 0 saturated carbocycles. The molecule has 2 N–H and O–H groups in total. The number of benzene rings is 2. The fourth-order valence-corrected chi connectivity index (χ4v) is 2.04. The Labute approximate surface area is 114 Å². The average molecular weight is 269 g/mol. The van der Waals surface area contributed by atoms with Gasteiger partial charge in [0.25, 0.3) is 0 Å². The number of halogens is 1. The van der Waals surface area contributed by atoms with Crippen LogP contribution in [-0.4, -0.2) is 20.5 Å². The summed E-state index contributed by atoms with van der Waals surface area (Å²) in [5.74, 6) is -0.338. The molecule has 100 valence electrons. The molecule has 2 aromatic carbocycles. The lowest BCUT2D eigenvalue weighted by Crippen LogP contribution is -1.88. The van der Waals surface area contributed by atoms with Gasteiger partial charge in [0.15, 0.2) is 0 Å². The Morgan fingerprint density at radius 3 is 2.35 bits per heavy atom.